The minimum Gasteiger partial charge on any atom is -0.327 e. The lowest BCUT2D eigenvalue weighted by atomic mass is 10.1. The lowest BCUT2D eigenvalue weighted by Crippen LogP contribution is -2.24. The van der Waals surface area contributed by atoms with Gasteiger partial charge in [-0.1, -0.05) is 0 Å². The molecule has 18 heavy (non-hydrogen) atoms. The van der Waals surface area contributed by atoms with Crippen molar-refractivity contribution in [3.8, 4) is 0 Å². The summed E-state index contributed by atoms with van der Waals surface area (Å²) in [5.41, 5.74) is 3.82. The highest BCUT2D eigenvalue weighted by Crippen LogP contribution is 2.31. The van der Waals surface area contributed by atoms with Crippen molar-refractivity contribution in [1.29, 1.82) is 0 Å². The Morgan fingerprint density at radius 3 is 2.56 bits per heavy atom. The standard InChI is InChI=1S/C11H12F4N2O/c1-6(16)4-10(18)17-9-5-7(11(13,14)15)2-3-8(9)12/h2-3,5-6H,4,16H2,1H3,(H,17,18). The van der Waals surface area contributed by atoms with Crippen LogP contribution < -0.4 is 11.1 Å². The van der Waals surface area contributed by atoms with Gasteiger partial charge in [-0.25, -0.2) is 4.39 Å². The topological polar surface area (TPSA) is 55.1 Å². The average Bonchev–Trinajstić information content (AvgIpc) is 2.18. The highest BCUT2D eigenvalue weighted by molar-refractivity contribution is 5.91. The Hall–Kier alpha value is -1.63. The van der Waals surface area contributed by atoms with Crippen LogP contribution in [0.25, 0.3) is 0 Å². The molecule has 1 aromatic carbocycles. The molecule has 0 saturated carbocycles. The Kier molecular flexibility index (Phi) is 4.28. The second kappa shape index (κ2) is 5.34. The van der Waals surface area contributed by atoms with E-state index in [1.54, 1.807) is 6.92 Å². The third-order valence-corrected chi connectivity index (χ3v) is 2.08. The van der Waals surface area contributed by atoms with Gasteiger partial charge in [-0.2, -0.15) is 13.2 Å². The van der Waals surface area contributed by atoms with Crippen LogP contribution in [0.4, 0.5) is 23.2 Å². The number of halogens is 4. The second-order valence-electron chi connectivity index (χ2n) is 3.92. The van der Waals surface area contributed by atoms with E-state index in [1.165, 1.54) is 0 Å². The van der Waals surface area contributed by atoms with E-state index in [2.05, 4.69) is 5.32 Å². The molecule has 0 heterocycles. The van der Waals surface area contributed by atoms with Crippen LogP contribution in [0.5, 0.6) is 0 Å². The van der Waals surface area contributed by atoms with Gasteiger partial charge in [-0.05, 0) is 25.1 Å². The molecule has 7 heteroatoms. The maximum atomic E-state index is 13.2. The molecule has 0 aliphatic heterocycles. The third kappa shape index (κ3) is 3.99. The molecule has 100 valence electrons. The molecule has 1 atom stereocenters. The second-order valence-corrected chi connectivity index (χ2v) is 3.92. The van der Waals surface area contributed by atoms with Crippen LogP contribution in [0.3, 0.4) is 0 Å². The van der Waals surface area contributed by atoms with E-state index in [0.29, 0.717) is 18.2 Å². The first kappa shape index (κ1) is 14.4. The predicted octanol–water partition coefficient (Wildman–Crippen LogP) is 2.52. The number of amides is 1. The zero-order chi connectivity index (χ0) is 13.9. The Balaban J connectivity index is 2.92. The number of carbonyl (C=O) groups is 1. The van der Waals surface area contributed by atoms with Crippen molar-refractivity contribution in [1.82, 2.24) is 0 Å². The Morgan fingerprint density at radius 1 is 1.44 bits per heavy atom. The molecule has 0 saturated heterocycles. The summed E-state index contributed by atoms with van der Waals surface area (Å²) in [6.07, 6.45) is -4.69. The molecule has 0 bridgehead atoms. The zero-order valence-corrected chi connectivity index (χ0v) is 9.51. The lowest BCUT2D eigenvalue weighted by Gasteiger charge is -2.11. The van der Waals surface area contributed by atoms with Crippen LogP contribution in [0.15, 0.2) is 18.2 Å². The minimum absolute atomic E-state index is 0.102. The Bertz CT molecular complexity index is 443. The molecule has 3 N–H and O–H groups in total. The minimum atomic E-state index is -4.59. The van der Waals surface area contributed by atoms with Crippen molar-refractivity contribution in [2.24, 2.45) is 5.73 Å². The van der Waals surface area contributed by atoms with Crippen molar-refractivity contribution in [3.63, 3.8) is 0 Å². The Labute approximate surface area is 101 Å². The highest BCUT2D eigenvalue weighted by atomic mass is 19.4. The smallest absolute Gasteiger partial charge is 0.327 e. The largest absolute Gasteiger partial charge is 0.416 e. The van der Waals surface area contributed by atoms with Crippen LogP contribution in [-0.2, 0) is 11.0 Å². The number of alkyl halides is 3. The molecular weight excluding hydrogens is 252 g/mol. The number of rotatable bonds is 3. The number of benzene rings is 1. The quantitative estimate of drug-likeness (QED) is 0.824. The van der Waals surface area contributed by atoms with Crippen LogP contribution >= 0.6 is 0 Å². The van der Waals surface area contributed by atoms with Gasteiger partial charge in [0, 0.05) is 12.5 Å². The van der Waals surface area contributed by atoms with Gasteiger partial charge < -0.3 is 11.1 Å². The van der Waals surface area contributed by atoms with Crippen LogP contribution in [0.1, 0.15) is 18.9 Å². The SMILES string of the molecule is CC(N)CC(=O)Nc1cc(C(F)(F)F)ccc1F. The van der Waals surface area contributed by atoms with Crippen LogP contribution in [-0.4, -0.2) is 11.9 Å². The van der Waals surface area contributed by atoms with Gasteiger partial charge in [0.25, 0.3) is 0 Å². The molecular formula is C11H12F4N2O. The molecule has 1 aromatic rings. The van der Waals surface area contributed by atoms with E-state index >= 15 is 0 Å². The molecule has 0 spiro atoms. The van der Waals surface area contributed by atoms with E-state index in [0.717, 1.165) is 0 Å². The summed E-state index contributed by atoms with van der Waals surface area (Å²) in [5.74, 6) is -1.57. The monoisotopic (exact) mass is 264 g/mol. The van der Waals surface area contributed by atoms with E-state index < -0.39 is 35.2 Å². The van der Waals surface area contributed by atoms with Crippen molar-refractivity contribution in [2.45, 2.75) is 25.6 Å². The van der Waals surface area contributed by atoms with Crippen LogP contribution in [0, 0.1) is 5.82 Å². The zero-order valence-electron chi connectivity index (χ0n) is 9.51. The fourth-order valence-corrected chi connectivity index (χ4v) is 1.29. The number of nitrogens with one attached hydrogen (secondary N) is 1. The molecule has 0 fully saturated rings. The molecule has 1 unspecified atom stereocenters. The first-order chi connectivity index (χ1) is 8.20. The number of hydrogen-bond donors (Lipinski definition) is 2. The maximum Gasteiger partial charge on any atom is 0.416 e. The number of anilines is 1. The maximum absolute atomic E-state index is 13.2. The van der Waals surface area contributed by atoms with Gasteiger partial charge in [-0.15, -0.1) is 0 Å². The van der Waals surface area contributed by atoms with Crippen molar-refractivity contribution >= 4 is 11.6 Å². The summed E-state index contributed by atoms with van der Waals surface area (Å²) >= 11 is 0. The van der Waals surface area contributed by atoms with Crippen molar-refractivity contribution in [2.75, 3.05) is 5.32 Å². The first-order valence-corrected chi connectivity index (χ1v) is 5.12. The van der Waals surface area contributed by atoms with E-state index in [4.69, 9.17) is 5.73 Å². The number of hydrogen-bond acceptors (Lipinski definition) is 2. The summed E-state index contributed by atoms with van der Waals surface area (Å²) in [6, 6.07) is 1.36. The summed E-state index contributed by atoms with van der Waals surface area (Å²) in [4.78, 5) is 11.3. The van der Waals surface area contributed by atoms with Crippen molar-refractivity contribution in [3.05, 3.63) is 29.6 Å². The summed E-state index contributed by atoms with van der Waals surface area (Å²) in [6.45, 7) is 1.56. The average molecular weight is 264 g/mol. The van der Waals surface area contributed by atoms with Gasteiger partial charge in [0.15, 0.2) is 0 Å². The normalized spacial score (nSPS) is 13.2. The summed E-state index contributed by atoms with van der Waals surface area (Å²) < 4.78 is 50.4. The van der Waals surface area contributed by atoms with E-state index in [9.17, 15) is 22.4 Å². The number of carbonyl (C=O) groups excluding carboxylic acids is 1. The molecule has 1 rings (SSSR count). The molecule has 1 amide bonds. The predicted molar refractivity (Wildman–Crippen MR) is 58.3 cm³/mol. The number of nitrogens with two attached hydrogens (primary N) is 1. The van der Waals surface area contributed by atoms with Crippen molar-refractivity contribution < 1.29 is 22.4 Å². The van der Waals surface area contributed by atoms with Gasteiger partial charge >= 0.3 is 6.18 Å². The highest BCUT2D eigenvalue weighted by Gasteiger charge is 2.31. The molecule has 0 aliphatic rings. The molecule has 0 radical (unpaired) electrons. The molecule has 0 aliphatic carbocycles. The summed E-state index contributed by atoms with van der Waals surface area (Å²) in [7, 11) is 0. The lowest BCUT2D eigenvalue weighted by molar-refractivity contribution is -0.137. The van der Waals surface area contributed by atoms with Crippen LogP contribution in [0.2, 0.25) is 0 Å². The molecule has 3 nitrogen and oxygen atoms in total. The fourth-order valence-electron chi connectivity index (χ4n) is 1.29. The van der Waals surface area contributed by atoms with E-state index in [-0.39, 0.29) is 6.42 Å². The summed E-state index contributed by atoms with van der Waals surface area (Å²) in [5, 5.41) is 2.06. The fraction of sp³-hybridized carbons (Fsp3) is 0.364. The van der Waals surface area contributed by atoms with E-state index in [1.807, 2.05) is 0 Å². The Morgan fingerprint density at radius 2 is 2.06 bits per heavy atom. The third-order valence-electron chi connectivity index (χ3n) is 2.08. The van der Waals surface area contributed by atoms with Gasteiger partial charge in [-0.3, -0.25) is 4.79 Å². The van der Waals surface area contributed by atoms with Gasteiger partial charge in [0.2, 0.25) is 5.91 Å². The molecule has 0 aromatic heterocycles. The first-order valence-electron chi connectivity index (χ1n) is 5.12. The van der Waals surface area contributed by atoms with Gasteiger partial charge in [0.05, 0.1) is 11.3 Å². The van der Waals surface area contributed by atoms with Gasteiger partial charge in [0.1, 0.15) is 5.82 Å².